The van der Waals surface area contributed by atoms with Crippen molar-refractivity contribution in [3.63, 3.8) is 0 Å². The van der Waals surface area contributed by atoms with E-state index in [-0.39, 0.29) is 28.0 Å². The second kappa shape index (κ2) is 8.77. The van der Waals surface area contributed by atoms with Gasteiger partial charge in [-0.25, -0.2) is 8.78 Å². The van der Waals surface area contributed by atoms with Gasteiger partial charge in [0.2, 0.25) is 0 Å². The number of amidine groups is 1. The van der Waals surface area contributed by atoms with Crippen LogP contribution in [0.1, 0.15) is 18.2 Å². The first kappa shape index (κ1) is 21.0. The summed E-state index contributed by atoms with van der Waals surface area (Å²) in [5.74, 6) is -0.282. The van der Waals surface area contributed by atoms with Crippen molar-refractivity contribution in [2.24, 2.45) is 10.7 Å². The Hall–Kier alpha value is -2.68. The molecular weight excluding hydrogens is 446 g/mol. The van der Waals surface area contributed by atoms with E-state index in [1.165, 1.54) is 6.07 Å². The molecule has 0 atom stereocenters. The van der Waals surface area contributed by atoms with Crippen LogP contribution in [0.15, 0.2) is 49.8 Å². The second-order valence-electron chi connectivity index (χ2n) is 6.76. The minimum absolute atomic E-state index is 0.134. The molecule has 0 saturated carbocycles. The first-order valence-corrected chi connectivity index (χ1v) is 9.73. The standard InChI is InChI=1S/C20H21BrF2N4O2/c1-11-5-18(29-10-13-3-4-15(22)6-16(13)23)19(21)20(28)27(11)9-14-7-25-12(2)26-8-17(14)24/h3-6H,7-10,24H2,1-2H3,(H,25,26). The van der Waals surface area contributed by atoms with Crippen LogP contribution in [0, 0.1) is 18.6 Å². The lowest BCUT2D eigenvalue weighted by Gasteiger charge is -2.16. The Morgan fingerprint density at radius 2 is 2.07 bits per heavy atom. The van der Waals surface area contributed by atoms with Gasteiger partial charge >= 0.3 is 0 Å². The number of nitrogens with two attached hydrogens (primary N) is 1. The summed E-state index contributed by atoms with van der Waals surface area (Å²) < 4.78 is 34.2. The van der Waals surface area contributed by atoms with Crippen LogP contribution >= 0.6 is 15.9 Å². The van der Waals surface area contributed by atoms with Gasteiger partial charge < -0.3 is 20.4 Å². The highest BCUT2D eigenvalue weighted by Gasteiger charge is 2.16. The summed E-state index contributed by atoms with van der Waals surface area (Å²) in [6, 6.07) is 4.95. The number of pyridine rings is 1. The lowest BCUT2D eigenvalue weighted by Crippen LogP contribution is -2.27. The molecule has 0 spiro atoms. The van der Waals surface area contributed by atoms with Gasteiger partial charge in [0.1, 0.15) is 28.5 Å². The van der Waals surface area contributed by atoms with Crippen molar-refractivity contribution >= 4 is 21.8 Å². The number of rotatable bonds is 5. The largest absolute Gasteiger partial charge is 0.487 e. The van der Waals surface area contributed by atoms with Crippen LogP contribution in [0.5, 0.6) is 5.75 Å². The van der Waals surface area contributed by atoms with E-state index in [4.69, 9.17) is 10.5 Å². The number of halogens is 3. The van der Waals surface area contributed by atoms with Crippen molar-refractivity contribution in [3.05, 3.63) is 73.3 Å². The fraction of sp³-hybridized carbons (Fsp3) is 0.300. The Morgan fingerprint density at radius 3 is 2.79 bits per heavy atom. The third-order valence-corrected chi connectivity index (χ3v) is 5.39. The fourth-order valence-corrected chi connectivity index (χ4v) is 3.32. The predicted molar refractivity (Wildman–Crippen MR) is 111 cm³/mol. The maximum atomic E-state index is 13.8. The monoisotopic (exact) mass is 466 g/mol. The van der Waals surface area contributed by atoms with Crippen LogP contribution in [-0.4, -0.2) is 23.5 Å². The Morgan fingerprint density at radius 1 is 1.31 bits per heavy atom. The molecule has 1 aromatic carbocycles. The van der Waals surface area contributed by atoms with E-state index < -0.39 is 11.6 Å². The summed E-state index contributed by atoms with van der Waals surface area (Å²) in [6.45, 7) is 4.70. The average molecular weight is 467 g/mol. The van der Waals surface area contributed by atoms with Crippen molar-refractivity contribution in [1.82, 2.24) is 9.88 Å². The number of hydrogen-bond donors (Lipinski definition) is 2. The summed E-state index contributed by atoms with van der Waals surface area (Å²) in [5, 5.41) is 3.10. The van der Waals surface area contributed by atoms with E-state index in [1.54, 1.807) is 17.6 Å². The molecule has 0 amide bonds. The summed E-state index contributed by atoms with van der Waals surface area (Å²) in [7, 11) is 0. The first-order chi connectivity index (χ1) is 13.8. The van der Waals surface area contributed by atoms with Gasteiger partial charge in [-0.05, 0) is 47.5 Å². The van der Waals surface area contributed by atoms with Crippen molar-refractivity contribution in [1.29, 1.82) is 0 Å². The highest BCUT2D eigenvalue weighted by Crippen LogP contribution is 2.24. The van der Waals surface area contributed by atoms with E-state index in [1.807, 2.05) is 6.92 Å². The highest BCUT2D eigenvalue weighted by atomic mass is 79.9. The molecule has 0 bridgehead atoms. The van der Waals surface area contributed by atoms with E-state index >= 15 is 0 Å². The molecule has 9 heteroatoms. The third kappa shape index (κ3) is 4.84. The molecule has 154 valence electrons. The number of aliphatic imine (C=N–C) groups is 1. The SMILES string of the molecule is CC1=NCC(Cn2c(C)cc(OCc3ccc(F)cc3F)c(Br)c2=O)=C(N)CN1. The maximum Gasteiger partial charge on any atom is 0.269 e. The lowest BCUT2D eigenvalue weighted by atomic mass is 10.2. The topological polar surface area (TPSA) is 81.6 Å². The van der Waals surface area contributed by atoms with E-state index in [0.717, 1.165) is 23.5 Å². The summed E-state index contributed by atoms with van der Waals surface area (Å²) in [6.07, 6.45) is 0. The number of nitrogens with one attached hydrogen (secondary N) is 1. The lowest BCUT2D eigenvalue weighted by molar-refractivity contribution is 0.295. The van der Waals surface area contributed by atoms with E-state index in [9.17, 15) is 13.6 Å². The molecule has 0 unspecified atom stereocenters. The molecule has 1 aliphatic heterocycles. The number of aryl methyl sites for hydroxylation is 1. The van der Waals surface area contributed by atoms with Gasteiger partial charge in [0.25, 0.3) is 5.56 Å². The number of aromatic nitrogens is 1. The van der Waals surface area contributed by atoms with Crippen molar-refractivity contribution in [3.8, 4) is 5.75 Å². The highest BCUT2D eigenvalue weighted by molar-refractivity contribution is 9.10. The molecule has 0 radical (unpaired) electrons. The number of ether oxygens (including phenoxy) is 1. The number of benzene rings is 1. The molecule has 0 aliphatic carbocycles. The summed E-state index contributed by atoms with van der Waals surface area (Å²) in [4.78, 5) is 17.2. The molecule has 6 nitrogen and oxygen atoms in total. The van der Waals surface area contributed by atoms with Gasteiger partial charge in [-0.3, -0.25) is 9.79 Å². The van der Waals surface area contributed by atoms with Crippen LogP contribution in [-0.2, 0) is 13.2 Å². The molecule has 2 aromatic rings. The minimum atomic E-state index is -0.702. The van der Waals surface area contributed by atoms with Crippen molar-refractivity contribution in [2.75, 3.05) is 13.1 Å². The number of nitrogens with zero attached hydrogens (tertiary/aromatic N) is 2. The van der Waals surface area contributed by atoms with Gasteiger partial charge in [0.05, 0.1) is 25.5 Å². The quantitative estimate of drug-likeness (QED) is 0.709. The minimum Gasteiger partial charge on any atom is -0.487 e. The normalized spacial score (nSPS) is 14.3. The third-order valence-electron chi connectivity index (χ3n) is 4.66. The van der Waals surface area contributed by atoms with Crippen molar-refractivity contribution in [2.45, 2.75) is 27.0 Å². The molecular formula is C20H21BrF2N4O2. The molecule has 3 rings (SSSR count). The van der Waals surface area contributed by atoms with Gasteiger partial charge in [0, 0.05) is 29.1 Å². The zero-order chi connectivity index (χ0) is 21.1. The van der Waals surface area contributed by atoms with Crippen LogP contribution in [0.3, 0.4) is 0 Å². The maximum absolute atomic E-state index is 13.8. The van der Waals surface area contributed by atoms with Crippen LogP contribution in [0.25, 0.3) is 0 Å². The average Bonchev–Trinajstić information content (AvgIpc) is 2.83. The number of hydrogen-bond acceptors (Lipinski definition) is 5. The van der Waals surface area contributed by atoms with Crippen LogP contribution in [0.2, 0.25) is 0 Å². The van der Waals surface area contributed by atoms with Gasteiger partial charge in [-0.1, -0.05) is 0 Å². The van der Waals surface area contributed by atoms with Crippen LogP contribution < -0.4 is 21.3 Å². The molecule has 1 aliphatic rings. The zero-order valence-electron chi connectivity index (χ0n) is 16.1. The summed E-state index contributed by atoms with van der Waals surface area (Å²) >= 11 is 3.27. The molecule has 3 N–H and O–H groups in total. The smallest absolute Gasteiger partial charge is 0.269 e. The molecule has 0 saturated heterocycles. The zero-order valence-corrected chi connectivity index (χ0v) is 17.6. The predicted octanol–water partition coefficient (Wildman–Crippen LogP) is 3.01. The second-order valence-corrected chi connectivity index (χ2v) is 7.56. The van der Waals surface area contributed by atoms with E-state index in [2.05, 4.69) is 26.2 Å². The van der Waals surface area contributed by atoms with Crippen LogP contribution in [0.4, 0.5) is 8.78 Å². The Bertz CT molecular complexity index is 1060. The Kier molecular flexibility index (Phi) is 6.36. The van der Waals surface area contributed by atoms with Gasteiger partial charge in [0.15, 0.2) is 0 Å². The fourth-order valence-electron chi connectivity index (χ4n) is 2.87. The van der Waals surface area contributed by atoms with Gasteiger partial charge in [-0.2, -0.15) is 0 Å². The molecule has 0 fully saturated rings. The van der Waals surface area contributed by atoms with E-state index in [0.29, 0.717) is 31.0 Å². The molecule has 1 aromatic heterocycles. The Balaban J connectivity index is 1.84. The molecule has 2 heterocycles. The first-order valence-electron chi connectivity index (χ1n) is 8.94. The molecule has 29 heavy (non-hydrogen) atoms. The van der Waals surface area contributed by atoms with Gasteiger partial charge in [-0.15, -0.1) is 0 Å². The summed E-state index contributed by atoms with van der Waals surface area (Å²) in [5.41, 5.74) is 8.19. The van der Waals surface area contributed by atoms with Crippen molar-refractivity contribution < 1.29 is 13.5 Å². The Labute approximate surface area is 175 Å².